The topological polar surface area (TPSA) is 62.6 Å². The van der Waals surface area contributed by atoms with Gasteiger partial charge in [0.05, 0.1) is 16.8 Å². The van der Waals surface area contributed by atoms with Crippen LogP contribution in [0.2, 0.25) is 0 Å². The van der Waals surface area contributed by atoms with Crippen LogP contribution in [0.1, 0.15) is 28.8 Å². The van der Waals surface area contributed by atoms with Crippen molar-refractivity contribution in [1.82, 2.24) is 8.87 Å². The number of aryl methyl sites for hydroxylation is 1. The number of hydrogen-bond donors (Lipinski definition) is 0. The first-order chi connectivity index (χ1) is 14.3. The Morgan fingerprint density at radius 3 is 2.58 bits per heavy atom. The van der Waals surface area contributed by atoms with Crippen molar-refractivity contribution in [2.75, 3.05) is 25.5 Å². The summed E-state index contributed by atoms with van der Waals surface area (Å²) in [6.07, 6.45) is 1.88. The predicted octanol–water partition coefficient (Wildman–Crippen LogP) is 3.51. The van der Waals surface area contributed by atoms with Crippen molar-refractivity contribution in [3.63, 3.8) is 0 Å². The van der Waals surface area contributed by atoms with Crippen LogP contribution in [0, 0.1) is 6.92 Å². The lowest BCUT2D eigenvalue weighted by atomic mass is 10.1. The van der Waals surface area contributed by atoms with Crippen LogP contribution in [0.15, 0.2) is 41.3 Å². The standard InChI is InChI=1S/C23H25N3O3S.ClH/c1-15-6-8-22-18(11-15)19-14-24(2)10-4-5-21(19)26(22)30(28,29)17-7-9-20-16(12-17)13-23(27)25(20)3;/h6-9,11-12H,4-5,10,13-14H2,1-3H3;1H. The molecule has 8 heteroatoms. The van der Waals surface area contributed by atoms with Gasteiger partial charge in [-0.05, 0) is 74.8 Å². The largest absolute Gasteiger partial charge is 0.315 e. The molecule has 0 spiro atoms. The number of likely N-dealkylation sites (N-methyl/N-ethyl adjacent to an activating group) is 1. The fourth-order valence-electron chi connectivity index (χ4n) is 4.77. The lowest BCUT2D eigenvalue weighted by molar-refractivity contribution is -0.117. The van der Waals surface area contributed by atoms with Gasteiger partial charge in [-0.25, -0.2) is 12.4 Å². The first-order valence-electron chi connectivity index (χ1n) is 10.2. The van der Waals surface area contributed by atoms with E-state index >= 15 is 0 Å². The molecular weight excluding hydrogens is 434 g/mol. The van der Waals surface area contributed by atoms with Crippen LogP contribution < -0.4 is 4.90 Å². The van der Waals surface area contributed by atoms with Crippen molar-refractivity contribution < 1.29 is 13.2 Å². The minimum Gasteiger partial charge on any atom is -0.315 e. The third kappa shape index (κ3) is 3.35. The Morgan fingerprint density at radius 1 is 1.03 bits per heavy atom. The molecular formula is C23H26ClN3O3S. The Morgan fingerprint density at radius 2 is 1.81 bits per heavy atom. The zero-order valence-electron chi connectivity index (χ0n) is 17.9. The Labute approximate surface area is 188 Å². The number of anilines is 1. The second-order valence-corrected chi connectivity index (χ2v) is 10.3. The van der Waals surface area contributed by atoms with E-state index in [1.165, 1.54) is 0 Å². The molecule has 0 radical (unpaired) electrons. The fourth-order valence-corrected chi connectivity index (χ4v) is 6.43. The molecule has 3 heterocycles. The molecule has 1 amide bonds. The number of benzene rings is 2. The van der Waals surface area contributed by atoms with Gasteiger partial charge in [-0.3, -0.25) is 4.79 Å². The van der Waals surface area contributed by atoms with Gasteiger partial charge in [-0.1, -0.05) is 11.6 Å². The van der Waals surface area contributed by atoms with Crippen molar-refractivity contribution in [1.29, 1.82) is 0 Å². The molecule has 0 bridgehead atoms. The number of fused-ring (bicyclic) bond motifs is 4. The number of carbonyl (C=O) groups excluding carboxylic acids is 1. The number of nitrogens with zero attached hydrogens (tertiary/aromatic N) is 3. The molecule has 0 atom stereocenters. The summed E-state index contributed by atoms with van der Waals surface area (Å²) in [5.74, 6) is -0.0154. The Bertz CT molecular complexity index is 1310. The summed E-state index contributed by atoms with van der Waals surface area (Å²) in [5.41, 5.74) is 5.39. The monoisotopic (exact) mass is 459 g/mol. The Kier molecular flexibility index (Phi) is 5.40. The maximum absolute atomic E-state index is 13.9. The Balaban J connectivity index is 0.00000231. The maximum Gasteiger partial charge on any atom is 0.268 e. The predicted molar refractivity (Wildman–Crippen MR) is 125 cm³/mol. The van der Waals surface area contributed by atoms with E-state index in [2.05, 4.69) is 18.0 Å². The summed E-state index contributed by atoms with van der Waals surface area (Å²) in [6, 6.07) is 11.0. The van der Waals surface area contributed by atoms with Gasteiger partial charge < -0.3 is 9.80 Å². The third-order valence-electron chi connectivity index (χ3n) is 6.34. The van der Waals surface area contributed by atoms with Crippen LogP contribution in [-0.4, -0.2) is 43.8 Å². The smallest absolute Gasteiger partial charge is 0.268 e. The highest BCUT2D eigenvalue weighted by Gasteiger charge is 2.31. The number of amides is 1. The van der Waals surface area contributed by atoms with Crippen LogP contribution in [0.25, 0.3) is 10.9 Å². The van der Waals surface area contributed by atoms with Crippen molar-refractivity contribution >= 4 is 44.9 Å². The SMILES string of the molecule is Cc1ccc2c(c1)c1c(n2S(=O)(=O)c2ccc3c(c2)CC(=O)N3C)CCCN(C)C1.Cl. The summed E-state index contributed by atoms with van der Waals surface area (Å²) in [5, 5.41) is 1.01. The quantitative estimate of drug-likeness (QED) is 0.588. The summed E-state index contributed by atoms with van der Waals surface area (Å²) in [6.45, 7) is 3.71. The summed E-state index contributed by atoms with van der Waals surface area (Å²) >= 11 is 0. The van der Waals surface area contributed by atoms with Crippen molar-refractivity contribution in [3.05, 3.63) is 58.8 Å². The number of hydrogen-bond acceptors (Lipinski definition) is 4. The molecule has 6 nitrogen and oxygen atoms in total. The molecule has 2 aliphatic rings. The van der Waals surface area contributed by atoms with E-state index in [4.69, 9.17) is 0 Å². The van der Waals surface area contributed by atoms with E-state index in [9.17, 15) is 13.2 Å². The van der Waals surface area contributed by atoms with E-state index in [0.717, 1.165) is 64.9 Å². The molecule has 31 heavy (non-hydrogen) atoms. The van der Waals surface area contributed by atoms with Crippen LogP contribution in [-0.2, 0) is 34.2 Å². The highest BCUT2D eigenvalue weighted by molar-refractivity contribution is 7.90. The van der Waals surface area contributed by atoms with Gasteiger partial charge in [0, 0.05) is 30.4 Å². The number of rotatable bonds is 2. The van der Waals surface area contributed by atoms with Gasteiger partial charge >= 0.3 is 0 Å². The minimum absolute atomic E-state index is 0. The molecule has 0 aliphatic carbocycles. The lowest BCUT2D eigenvalue weighted by Gasteiger charge is -2.14. The van der Waals surface area contributed by atoms with Gasteiger partial charge in [0.2, 0.25) is 5.91 Å². The first-order valence-corrected chi connectivity index (χ1v) is 11.7. The molecule has 164 valence electrons. The molecule has 5 rings (SSSR count). The van der Waals surface area contributed by atoms with E-state index in [0.29, 0.717) is 0 Å². The van der Waals surface area contributed by atoms with Gasteiger partial charge in [-0.15, -0.1) is 12.4 Å². The van der Waals surface area contributed by atoms with Gasteiger partial charge in [0.25, 0.3) is 10.0 Å². The van der Waals surface area contributed by atoms with Crippen LogP contribution >= 0.6 is 12.4 Å². The van der Waals surface area contributed by atoms with Crippen molar-refractivity contribution in [3.8, 4) is 0 Å². The second-order valence-electron chi connectivity index (χ2n) is 8.48. The van der Waals surface area contributed by atoms with Gasteiger partial charge in [0.15, 0.2) is 0 Å². The van der Waals surface area contributed by atoms with E-state index < -0.39 is 10.0 Å². The average molecular weight is 460 g/mol. The zero-order chi connectivity index (χ0) is 21.2. The number of aromatic nitrogens is 1. The molecule has 3 aromatic rings. The summed E-state index contributed by atoms with van der Waals surface area (Å²) in [7, 11) is 0.00422. The first kappa shape index (κ1) is 21.9. The van der Waals surface area contributed by atoms with Crippen molar-refractivity contribution in [2.45, 2.75) is 37.6 Å². The summed E-state index contributed by atoms with van der Waals surface area (Å²) in [4.78, 5) is 16.1. The highest BCUT2D eigenvalue weighted by Crippen LogP contribution is 2.36. The molecule has 0 unspecified atom stereocenters. The maximum atomic E-state index is 13.9. The van der Waals surface area contributed by atoms with E-state index in [1.807, 2.05) is 19.1 Å². The summed E-state index contributed by atoms with van der Waals surface area (Å²) < 4.78 is 29.3. The average Bonchev–Trinajstić information content (AvgIpc) is 3.07. The zero-order valence-corrected chi connectivity index (χ0v) is 19.5. The minimum atomic E-state index is -3.80. The number of carbonyl (C=O) groups is 1. The van der Waals surface area contributed by atoms with Crippen LogP contribution in [0.3, 0.4) is 0 Å². The highest BCUT2D eigenvalue weighted by atomic mass is 35.5. The molecule has 1 aromatic heterocycles. The second kappa shape index (κ2) is 7.65. The van der Waals surface area contributed by atoms with Crippen LogP contribution in [0.4, 0.5) is 5.69 Å². The van der Waals surface area contributed by atoms with E-state index in [1.54, 1.807) is 34.1 Å². The molecule has 2 aromatic carbocycles. The van der Waals surface area contributed by atoms with Gasteiger partial charge in [-0.2, -0.15) is 0 Å². The lowest BCUT2D eigenvalue weighted by Crippen LogP contribution is -2.20. The molecule has 0 saturated heterocycles. The van der Waals surface area contributed by atoms with Crippen LogP contribution in [0.5, 0.6) is 0 Å². The third-order valence-corrected chi connectivity index (χ3v) is 8.08. The fraction of sp³-hybridized carbons (Fsp3) is 0.348. The molecule has 0 fully saturated rings. The molecule has 2 aliphatic heterocycles. The van der Waals surface area contributed by atoms with E-state index in [-0.39, 0.29) is 29.6 Å². The van der Waals surface area contributed by atoms with Gasteiger partial charge in [0.1, 0.15) is 0 Å². The molecule has 0 saturated carbocycles. The van der Waals surface area contributed by atoms with Crippen molar-refractivity contribution in [2.24, 2.45) is 0 Å². The molecule has 0 N–H and O–H groups in total. The number of halogens is 1. The Hall–Kier alpha value is -2.35. The normalized spacial score (nSPS) is 16.7.